The van der Waals surface area contributed by atoms with Crippen LogP contribution in [0.25, 0.3) is 0 Å². The SMILES string of the molecule is CCCCCCCCCCCC#CCCCCC(=O)OCC1(CO)COC(=O)CC(S(=O)(=O)[O-])C(=O)OC1.CCCCCCCCCCCC#CCCCCC(=O)OCC1(CO)COC(=O)CC(S(=O)(=O)[O-])C(=O)OC1.[Ca+2]. The zero-order valence-electron chi connectivity index (χ0n) is 45.8. The van der Waals surface area contributed by atoms with Crippen LogP contribution in [0.1, 0.15) is 206 Å². The van der Waals surface area contributed by atoms with E-state index in [2.05, 4.69) is 37.5 Å². The number of carbonyl (C=O) groups excluding carboxylic acids is 6. The van der Waals surface area contributed by atoms with Crippen molar-refractivity contribution in [1.29, 1.82) is 0 Å². The molecule has 2 fully saturated rings. The maximum Gasteiger partial charge on any atom is 2.00 e. The minimum Gasteiger partial charge on any atom is -0.747 e. The summed E-state index contributed by atoms with van der Waals surface area (Å²) in [6.45, 7) is 0.103. The second-order valence-electron chi connectivity index (χ2n) is 19.8. The van der Waals surface area contributed by atoms with Gasteiger partial charge in [0.25, 0.3) is 0 Å². The van der Waals surface area contributed by atoms with Gasteiger partial charge in [-0.15, -0.1) is 23.7 Å². The Balaban J connectivity index is 0.00000148. The normalized spacial score (nSPS) is 20.0. The summed E-state index contributed by atoms with van der Waals surface area (Å²) in [6, 6.07) is 0. The molecule has 2 aliphatic heterocycles. The number of aliphatic hydroxyl groups is 2. The average molecular weight is 1160 g/mol. The number of rotatable bonds is 34. The molecule has 0 aromatic heterocycles. The van der Waals surface area contributed by atoms with Crippen molar-refractivity contribution in [2.24, 2.45) is 10.8 Å². The molecule has 0 amide bonds. The summed E-state index contributed by atoms with van der Waals surface area (Å²) in [5, 5.41) is 15.1. The van der Waals surface area contributed by atoms with Crippen LogP contribution >= 0.6 is 0 Å². The summed E-state index contributed by atoms with van der Waals surface area (Å²) >= 11 is 0. The zero-order chi connectivity index (χ0) is 56.6. The first-order valence-electron chi connectivity index (χ1n) is 27.3. The molecule has 2 heterocycles. The third kappa shape index (κ3) is 36.0. The topological polar surface area (TPSA) is 313 Å². The second kappa shape index (κ2) is 43.7. The van der Waals surface area contributed by atoms with E-state index in [1.165, 1.54) is 103 Å². The molecule has 20 nitrogen and oxygen atoms in total. The molecule has 2 saturated heterocycles. The summed E-state index contributed by atoms with van der Waals surface area (Å²) in [7, 11) is -10.3. The van der Waals surface area contributed by atoms with Gasteiger partial charge in [-0.25, -0.2) is 16.8 Å². The van der Waals surface area contributed by atoms with Gasteiger partial charge >= 0.3 is 73.6 Å². The number of unbranched alkanes of at least 4 members (excludes halogenated alkanes) is 22. The fourth-order valence-corrected chi connectivity index (χ4v) is 8.92. The van der Waals surface area contributed by atoms with Gasteiger partial charge in [-0.3, -0.25) is 28.8 Å². The third-order valence-corrected chi connectivity index (χ3v) is 14.8. The van der Waals surface area contributed by atoms with Gasteiger partial charge in [-0.05, 0) is 38.5 Å². The van der Waals surface area contributed by atoms with Crippen molar-refractivity contribution in [3.63, 3.8) is 0 Å². The van der Waals surface area contributed by atoms with E-state index in [4.69, 9.17) is 28.4 Å². The first-order valence-corrected chi connectivity index (χ1v) is 30.2. The molecule has 0 aromatic carbocycles. The van der Waals surface area contributed by atoms with Crippen molar-refractivity contribution in [2.45, 2.75) is 217 Å². The van der Waals surface area contributed by atoms with Gasteiger partial charge in [-0.2, -0.15) is 0 Å². The summed E-state index contributed by atoms with van der Waals surface area (Å²) in [5.41, 5.74) is -2.94. The molecule has 2 N–H and O–H groups in total. The van der Waals surface area contributed by atoms with E-state index in [9.17, 15) is 64.9 Å². The molecule has 23 heteroatoms. The number of cyclic esters (lactones) is 4. The van der Waals surface area contributed by atoms with Gasteiger partial charge in [0.2, 0.25) is 0 Å². The van der Waals surface area contributed by atoms with Crippen LogP contribution in [-0.4, -0.2) is 173 Å². The number of hydrogen-bond acceptors (Lipinski definition) is 20. The average Bonchev–Trinajstić information content (AvgIpc) is 3.49. The Kier molecular flexibility index (Phi) is 42.0. The molecular formula is C54H86CaO20S2. The minimum atomic E-state index is -5.15. The fraction of sp³-hybridized carbons (Fsp3) is 0.815. The summed E-state index contributed by atoms with van der Waals surface area (Å²) in [4.78, 5) is 72.0. The van der Waals surface area contributed by atoms with E-state index in [1.807, 2.05) is 0 Å². The summed E-state index contributed by atoms with van der Waals surface area (Å²) in [5.74, 6) is 6.46. The molecule has 0 saturated carbocycles. The number of ether oxygens (including phenoxy) is 6. The zero-order valence-corrected chi connectivity index (χ0v) is 49.6. The molecule has 0 aliphatic carbocycles. The van der Waals surface area contributed by atoms with E-state index in [1.54, 1.807) is 0 Å². The van der Waals surface area contributed by atoms with Gasteiger partial charge in [0.1, 0.15) is 59.9 Å². The Morgan fingerprint density at radius 3 is 1.05 bits per heavy atom. The van der Waals surface area contributed by atoms with E-state index < -0.39 is 143 Å². The Morgan fingerprint density at radius 2 is 0.766 bits per heavy atom. The Hall–Kier alpha value is -3.06. The number of hydrogen-bond donors (Lipinski definition) is 2. The van der Waals surface area contributed by atoms with Gasteiger partial charge in [-0.1, -0.05) is 117 Å². The molecule has 77 heavy (non-hydrogen) atoms. The second-order valence-corrected chi connectivity index (χ2v) is 22.9. The van der Waals surface area contributed by atoms with Crippen LogP contribution in [0.2, 0.25) is 0 Å². The van der Waals surface area contributed by atoms with Crippen LogP contribution < -0.4 is 0 Å². The smallest absolute Gasteiger partial charge is 0.747 e. The molecule has 2 aliphatic rings. The molecule has 0 spiro atoms. The maximum atomic E-state index is 12.1. The minimum absolute atomic E-state index is 0. The van der Waals surface area contributed by atoms with Crippen LogP contribution in [0.3, 0.4) is 0 Å². The quantitative estimate of drug-likeness (QED) is 0.0175. The monoisotopic (exact) mass is 1160 g/mol. The number of aliphatic hydroxyl groups excluding tert-OH is 2. The predicted molar refractivity (Wildman–Crippen MR) is 283 cm³/mol. The maximum absolute atomic E-state index is 12.1. The third-order valence-electron chi connectivity index (χ3n) is 12.7. The van der Waals surface area contributed by atoms with Crippen molar-refractivity contribution >= 4 is 93.8 Å². The van der Waals surface area contributed by atoms with E-state index >= 15 is 0 Å². The standard InChI is InChI=1S/2C27H44O10S.Ca/c2*1-2-3-4-5-6-7-8-9-10-11-12-13-14-15-16-17-24(29)35-20-27(19-28)21-36-25(30)18-23(38(32,33)34)26(31)37-22-27;/h2*23,28H,2-11,14-22H2,1H3,(H,32,33,34);/q;;+2/p-2. The fourth-order valence-electron chi connectivity index (χ4n) is 7.63. The van der Waals surface area contributed by atoms with Gasteiger partial charge in [0, 0.05) is 38.5 Å². The molecule has 0 radical (unpaired) electrons. The van der Waals surface area contributed by atoms with E-state index in [-0.39, 0.29) is 50.6 Å². The molecule has 0 bridgehead atoms. The first-order chi connectivity index (χ1) is 36.3. The van der Waals surface area contributed by atoms with Crippen molar-refractivity contribution in [3.05, 3.63) is 0 Å². The van der Waals surface area contributed by atoms with Gasteiger partial charge in [0.05, 0.1) is 36.9 Å². The van der Waals surface area contributed by atoms with Crippen LogP contribution in [0.4, 0.5) is 0 Å². The Bertz CT molecular complexity index is 1930. The number of esters is 6. The Morgan fingerprint density at radius 1 is 0.494 bits per heavy atom. The van der Waals surface area contributed by atoms with E-state index in [0.717, 1.165) is 38.5 Å². The van der Waals surface area contributed by atoms with Crippen LogP contribution in [0, 0.1) is 34.5 Å². The van der Waals surface area contributed by atoms with Crippen molar-refractivity contribution in [1.82, 2.24) is 0 Å². The van der Waals surface area contributed by atoms with Crippen LogP contribution in [-0.2, 0) is 77.4 Å². The summed E-state index contributed by atoms with van der Waals surface area (Å²) < 4.78 is 97.5. The van der Waals surface area contributed by atoms with Gasteiger partial charge in [0.15, 0.2) is 10.5 Å². The largest absolute Gasteiger partial charge is 2.00 e. The van der Waals surface area contributed by atoms with Crippen molar-refractivity contribution < 1.29 is 93.3 Å². The predicted octanol–water partition coefficient (Wildman–Crippen LogP) is 6.41. The molecule has 2 rings (SSSR count). The van der Waals surface area contributed by atoms with Crippen molar-refractivity contribution in [2.75, 3.05) is 52.9 Å². The number of carbonyl (C=O) groups is 6. The molecule has 436 valence electrons. The molecule has 4 unspecified atom stereocenters. The Labute approximate surface area is 488 Å². The van der Waals surface area contributed by atoms with Crippen LogP contribution in [0.15, 0.2) is 0 Å². The molecular weight excluding hydrogens is 1070 g/mol. The summed E-state index contributed by atoms with van der Waals surface area (Å²) in [6.07, 6.45) is 27.0. The van der Waals surface area contributed by atoms with Gasteiger partial charge < -0.3 is 47.7 Å². The van der Waals surface area contributed by atoms with Crippen LogP contribution in [0.5, 0.6) is 0 Å². The molecule has 0 aromatic rings. The van der Waals surface area contributed by atoms with Crippen molar-refractivity contribution in [3.8, 4) is 23.7 Å². The molecule has 4 atom stereocenters. The first kappa shape index (κ1) is 73.9. The van der Waals surface area contributed by atoms with E-state index in [0.29, 0.717) is 25.7 Å².